The molecule has 0 radical (unpaired) electrons. The minimum atomic E-state index is 0.536. The van der Waals surface area contributed by atoms with Crippen LogP contribution in [0.3, 0.4) is 0 Å². The van der Waals surface area contributed by atoms with Gasteiger partial charge in [-0.25, -0.2) is 0 Å². The monoisotopic (exact) mass is 284 g/mol. The van der Waals surface area contributed by atoms with Gasteiger partial charge in [-0.1, -0.05) is 17.3 Å². The van der Waals surface area contributed by atoms with Crippen molar-refractivity contribution in [3.8, 4) is 22.8 Å². The first kappa shape index (κ1) is 13.3. The SMILES string of the molecule is COc1ccc2c(-c3ccc(C)c(N)c3)noc2c1OC. The predicted octanol–water partition coefficient (Wildman–Crippen LogP) is 3.40. The molecule has 0 saturated heterocycles. The van der Waals surface area contributed by atoms with Crippen LogP contribution in [0, 0.1) is 6.92 Å². The summed E-state index contributed by atoms with van der Waals surface area (Å²) >= 11 is 0. The number of rotatable bonds is 3. The minimum absolute atomic E-state index is 0.536. The lowest BCUT2D eigenvalue weighted by molar-refractivity contribution is 0.348. The van der Waals surface area contributed by atoms with Gasteiger partial charge in [0.25, 0.3) is 0 Å². The van der Waals surface area contributed by atoms with E-state index >= 15 is 0 Å². The van der Waals surface area contributed by atoms with Gasteiger partial charge in [0.2, 0.25) is 11.3 Å². The van der Waals surface area contributed by atoms with Crippen LogP contribution < -0.4 is 15.2 Å². The Morgan fingerprint density at radius 2 is 1.90 bits per heavy atom. The lowest BCUT2D eigenvalue weighted by atomic mass is 10.0. The van der Waals surface area contributed by atoms with Crippen LogP contribution in [0.4, 0.5) is 5.69 Å². The van der Waals surface area contributed by atoms with Crippen LogP contribution in [0.1, 0.15) is 5.56 Å². The van der Waals surface area contributed by atoms with Gasteiger partial charge < -0.3 is 19.7 Å². The predicted molar refractivity (Wildman–Crippen MR) is 81.7 cm³/mol. The molecular formula is C16H16N2O3. The van der Waals surface area contributed by atoms with E-state index in [1.54, 1.807) is 14.2 Å². The van der Waals surface area contributed by atoms with E-state index in [2.05, 4.69) is 5.16 Å². The smallest absolute Gasteiger partial charge is 0.213 e. The number of aromatic nitrogens is 1. The Morgan fingerprint density at radius 1 is 1.10 bits per heavy atom. The summed E-state index contributed by atoms with van der Waals surface area (Å²) in [5.74, 6) is 1.14. The lowest BCUT2D eigenvalue weighted by Gasteiger charge is -2.07. The summed E-state index contributed by atoms with van der Waals surface area (Å²) in [6, 6.07) is 9.56. The molecule has 0 atom stereocenters. The Bertz CT molecular complexity index is 809. The zero-order chi connectivity index (χ0) is 15.0. The molecule has 5 nitrogen and oxygen atoms in total. The molecule has 1 aromatic heterocycles. The normalized spacial score (nSPS) is 10.8. The zero-order valence-corrected chi connectivity index (χ0v) is 12.1. The first-order valence-corrected chi connectivity index (χ1v) is 6.52. The number of anilines is 1. The summed E-state index contributed by atoms with van der Waals surface area (Å²) in [7, 11) is 3.16. The first-order chi connectivity index (χ1) is 10.2. The fourth-order valence-corrected chi connectivity index (χ4v) is 2.31. The molecule has 0 unspecified atom stereocenters. The molecular weight excluding hydrogens is 268 g/mol. The second-order valence-electron chi connectivity index (χ2n) is 4.78. The van der Waals surface area contributed by atoms with Crippen LogP contribution in [0.25, 0.3) is 22.2 Å². The van der Waals surface area contributed by atoms with Gasteiger partial charge in [-0.05, 0) is 30.7 Å². The van der Waals surface area contributed by atoms with Crippen molar-refractivity contribution < 1.29 is 14.0 Å². The van der Waals surface area contributed by atoms with Gasteiger partial charge in [-0.2, -0.15) is 0 Å². The summed E-state index contributed by atoms with van der Waals surface area (Å²) in [5, 5.41) is 5.01. The highest BCUT2D eigenvalue weighted by atomic mass is 16.5. The summed E-state index contributed by atoms with van der Waals surface area (Å²) < 4.78 is 16.1. The number of methoxy groups -OCH3 is 2. The first-order valence-electron chi connectivity index (χ1n) is 6.52. The fraction of sp³-hybridized carbons (Fsp3) is 0.188. The van der Waals surface area contributed by atoms with Crippen molar-refractivity contribution in [1.82, 2.24) is 5.16 Å². The van der Waals surface area contributed by atoms with Gasteiger partial charge in [0.1, 0.15) is 5.69 Å². The third-order valence-corrected chi connectivity index (χ3v) is 3.54. The molecule has 0 aliphatic rings. The molecule has 108 valence electrons. The molecule has 0 saturated carbocycles. The maximum Gasteiger partial charge on any atom is 0.213 e. The Labute approximate surface area is 122 Å². The average molecular weight is 284 g/mol. The van der Waals surface area contributed by atoms with E-state index < -0.39 is 0 Å². The molecule has 2 N–H and O–H groups in total. The van der Waals surface area contributed by atoms with Gasteiger partial charge in [0, 0.05) is 11.3 Å². The van der Waals surface area contributed by atoms with E-state index in [9.17, 15) is 0 Å². The van der Waals surface area contributed by atoms with Crippen LogP contribution >= 0.6 is 0 Å². The quantitative estimate of drug-likeness (QED) is 0.746. The van der Waals surface area contributed by atoms with E-state index in [0.29, 0.717) is 17.1 Å². The van der Waals surface area contributed by atoms with Crippen molar-refractivity contribution in [2.45, 2.75) is 6.92 Å². The van der Waals surface area contributed by atoms with E-state index in [-0.39, 0.29) is 0 Å². The molecule has 0 bridgehead atoms. The maximum absolute atomic E-state index is 5.97. The largest absolute Gasteiger partial charge is 0.493 e. The van der Waals surface area contributed by atoms with Gasteiger partial charge >= 0.3 is 0 Å². The molecule has 3 aromatic rings. The van der Waals surface area contributed by atoms with Crippen molar-refractivity contribution >= 4 is 16.7 Å². The highest BCUT2D eigenvalue weighted by Gasteiger charge is 2.18. The van der Waals surface area contributed by atoms with Gasteiger partial charge in [-0.15, -0.1) is 0 Å². The van der Waals surface area contributed by atoms with Crippen molar-refractivity contribution in [2.24, 2.45) is 0 Å². The number of nitrogens with two attached hydrogens (primary N) is 1. The van der Waals surface area contributed by atoms with Gasteiger partial charge in [0.15, 0.2) is 5.75 Å². The number of hydrogen-bond acceptors (Lipinski definition) is 5. The second-order valence-corrected chi connectivity index (χ2v) is 4.78. The number of fused-ring (bicyclic) bond motifs is 1. The molecule has 1 heterocycles. The number of benzene rings is 2. The third kappa shape index (κ3) is 2.07. The Kier molecular flexibility index (Phi) is 3.17. The van der Waals surface area contributed by atoms with Gasteiger partial charge in [-0.3, -0.25) is 0 Å². The van der Waals surface area contributed by atoms with Crippen LogP contribution in [0.2, 0.25) is 0 Å². The lowest BCUT2D eigenvalue weighted by Crippen LogP contribution is -1.91. The van der Waals surface area contributed by atoms with Crippen LogP contribution in [-0.2, 0) is 0 Å². The van der Waals surface area contributed by atoms with E-state index in [0.717, 1.165) is 27.9 Å². The third-order valence-electron chi connectivity index (χ3n) is 3.54. The van der Waals surface area contributed by atoms with Gasteiger partial charge in [0.05, 0.1) is 19.6 Å². The highest BCUT2D eigenvalue weighted by molar-refractivity contribution is 5.96. The summed E-state index contributed by atoms with van der Waals surface area (Å²) in [6.07, 6.45) is 0. The summed E-state index contributed by atoms with van der Waals surface area (Å²) in [6.45, 7) is 1.97. The zero-order valence-electron chi connectivity index (χ0n) is 12.1. The molecule has 3 rings (SSSR count). The van der Waals surface area contributed by atoms with E-state index in [1.165, 1.54) is 0 Å². The van der Waals surface area contributed by atoms with Crippen molar-refractivity contribution in [2.75, 3.05) is 20.0 Å². The van der Waals surface area contributed by atoms with Crippen LogP contribution in [-0.4, -0.2) is 19.4 Å². The molecule has 0 amide bonds. The number of nitrogens with zero attached hydrogens (tertiary/aromatic N) is 1. The standard InChI is InChI=1S/C16H16N2O3/c1-9-4-5-10(8-12(9)17)14-11-6-7-13(19-2)16(20-3)15(11)21-18-14/h4-8H,17H2,1-3H3. The van der Waals surface area contributed by atoms with Crippen molar-refractivity contribution in [3.63, 3.8) is 0 Å². The molecule has 0 aliphatic heterocycles. The van der Waals surface area contributed by atoms with E-state index in [4.69, 9.17) is 19.7 Å². The molecule has 0 aliphatic carbocycles. The molecule has 21 heavy (non-hydrogen) atoms. The Morgan fingerprint density at radius 3 is 2.57 bits per heavy atom. The van der Waals surface area contributed by atoms with Crippen molar-refractivity contribution in [3.05, 3.63) is 35.9 Å². The van der Waals surface area contributed by atoms with Crippen LogP contribution in [0.5, 0.6) is 11.5 Å². The minimum Gasteiger partial charge on any atom is -0.493 e. The molecule has 2 aromatic carbocycles. The summed E-state index contributed by atoms with van der Waals surface area (Å²) in [5.41, 5.74) is 9.93. The maximum atomic E-state index is 5.97. The van der Waals surface area contributed by atoms with Crippen LogP contribution in [0.15, 0.2) is 34.9 Å². The Hall–Kier alpha value is -2.69. The number of ether oxygens (including phenoxy) is 2. The molecule has 0 spiro atoms. The number of hydrogen-bond donors (Lipinski definition) is 1. The average Bonchev–Trinajstić information content (AvgIpc) is 2.92. The molecule has 0 fully saturated rings. The number of aryl methyl sites for hydroxylation is 1. The number of nitrogen functional groups attached to an aromatic ring is 1. The second kappa shape index (κ2) is 5.01. The van der Waals surface area contributed by atoms with E-state index in [1.807, 2.05) is 37.3 Å². The topological polar surface area (TPSA) is 70.5 Å². The molecule has 5 heteroatoms. The summed E-state index contributed by atoms with van der Waals surface area (Å²) in [4.78, 5) is 0. The van der Waals surface area contributed by atoms with Crippen molar-refractivity contribution in [1.29, 1.82) is 0 Å². The highest BCUT2D eigenvalue weighted by Crippen LogP contribution is 2.39. The fourth-order valence-electron chi connectivity index (χ4n) is 2.31. The Balaban J connectivity index is 2.23.